The van der Waals surface area contributed by atoms with E-state index in [0.717, 1.165) is 17.4 Å². The molecule has 0 saturated heterocycles. The smallest absolute Gasteiger partial charge is 0.303 e. The average Bonchev–Trinajstić information content (AvgIpc) is 3.11. The molecule has 1 aliphatic heterocycles. The van der Waals surface area contributed by atoms with Gasteiger partial charge >= 0.3 is 5.97 Å². The zero-order chi connectivity index (χ0) is 25.2. The summed E-state index contributed by atoms with van der Waals surface area (Å²) in [6.45, 7) is 2.30. The summed E-state index contributed by atoms with van der Waals surface area (Å²) in [6.07, 6.45) is 1.48. The third kappa shape index (κ3) is 5.38. The number of carboxylic acid groups (broad SMARTS) is 1. The van der Waals surface area contributed by atoms with Crippen LogP contribution < -0.4 is 9.64 Å². The van der Waals surface area contributed by atoms with Gasteiger partial charge in [-0.05, 0) is 66.9 Å². The minimum atomic E-state index is -3.37. The first kappa shape index (κ1) is 24.5. The summed E-state index contributed by atoms with van der Waals surface area (Å²) in [4.78, 5) is 26.6. The van der Waals surface area contributed by atoms with E-state index in [2.05, 4.69) is 0 Å². The van der Waals surface area contributed by atoms with Gasteiger partial charge in [0.25, 0.3) is 5.91 Å². The Bertz CT molecular complexity index is 1340. The van der Waals surface area contributed by atoms with E-state index in [4.69, 9.17) is 4.74 Å². The number of benzene rings is 3. The quantitative estimate of drug-likeness (QED) is 0.490. The number of ether oxygens (including phenoxy) is 1. The Balaban J connectivity index is 1.64. The minimum Gasteiger partial charge on any atom is -0.489 e. The molecular weight excluding hydrogens is 466 g/mol. The van der Waals surface area contributed by atoms with Gasteiger partial charge in [0.15, 0.2) is 9.84 Å². The lowest BCUT2D eigenvalue weighted by Crippen LogP contribution is -2.37. The molecule has 8 heteroatoms. The van der Waals surface area contributed by atoms with Crippen molar-refractivity contribution in [3.63, 3.8) is 0 Å². The molecule has 0 aromatic heterocycles. The second-order valence-electron chi connectivity index (χ2n) is 8.75. The minimum absolute atomic E-state index is 0.0192. The Hall–Kier alpha value is -3.65. The highest BCUT2D eigenvalue weighted by Crippen LogP contribution is 2.45. The highest BCUT2D eigenvalue weighted by atomic mass is 32.2. The van der Waals surface area contributed by atoms with Gasteiger partial charge in [-0.1, -0.05) is 30.3 Å². The van der Waals surface area contributed by atoms with Gasteiger partial charge in [-0.2, -0.15) is 0 Å². The molecule has 1 amide bonds. The van der Waals surface area contributed by atoms with Crippen molar-refractivity contribution < 1.29 is 27.9 Å². The summed E-state index contributed by atoms with van der Waals surface area (Å²) in [6, 6.07) is 20.9. The van der Waals surface area contributed by atoms with Crippen LogP contribution in [0.1, 0.15) is 47.2 Å². The van der Waals surface area contributed by atoms with E-state index in [-0.39, 0.29) is 29.2 Å². The maximum absolute atomic E-state index is 13.5. The second kappa shape index (κ2) is 9.92. The maximum atomic E-state index is 13.5. The number of rotatable bonds is 8. The number of anilines is 1. The van der Waals surface area contributed by atoms with E-state index < -0.39 is 15.8 Å². The van der Waals surface area contributed by atoms with Crippen LogP contribution in [0.5, 0.6) is 5.75 Å². The van der Waals surface area contributed by atoms with Crippen LogP contribution in [0.3, 0.4) is 0 Å². The number of hydrogen-bond acceptors (Lipinski definition) is 5. The van der Waals surface area contributed by atoms with E-state index in [1.165, 1.54) is 24.3 Å². The molecule has 1 aliphatic rings. The van der Waals surface area contributed by atoms with E-state index >= 15 is 0 Å². The molecule has 0 spiro atoms. The van der Waals surface area contributed by atoms with E-state index in [1.54, 1.807) is 11.0 Å². The largest absolute Gasteiger partial charge is 0.489 e. The molecule has 0 saturated carbocycles. The number of fused-ring (bicyclic) bond motifs is 1. The average molecular weight is 494 g/mol. The fourth-order valence-electron chi connectivity index (χ4n) is 4.49. The van der Waals surface area contributed by atoms with Crippen molar-refractivity contribution in [1.82, 2.24) is 0 Å². The number of aliphatic carboxylic acids is 1. The van der Waals surface area contributed by atoms with Crippen LogP contribution in [0.2, 0.25) is 0 Å². The van der Waals surface area contributed by atoms with Crippen molar-refractivity contribution >= 4 is 27.4 Å². The van der Waals surface area contributed by atoms with Crippen LogP contribution in [0, 0.1) is 0 Å². The van der Waals surface area contributed by atoms with Gasteiger partial charge < -0.3 is 14.7 Å². The molecule has 0 bridgehead atoms. The molecule has 182 valence electrons. The molecule has 3 aromatic carbocycles. The summed E-state index contributed by atoms with van der Waals surface area (Å²) in [5.41, 5.74) is 2.96. The SMILES string of the molecule is C[C@@H]1[C@@H](CCC(=O)O)c2cc(OCc3ccccc3)ccc2N1C(=O)c1ccc(S(C)(=O)=O)cc1. The predicted octanol–water partition coefficient (Wildman–Crippen LogP) is 4.67. The van der Waals surface area contributed by atoms with Crippen molar-refractivity contribution in [2.75, 3.05) is 11.2 Å². The van der Waals surface area contributed by atoms with Crippen LogP contribution in [0.15, 0.2) is 77.7 Å². The van der Waals surface area contributed by atoms with Gasteiger partial charge in [0.1, 0.15) is 12.4 Å². The normalized spacial score (nSPS) is 17.1. The van der Waals surface area contributed by atoms with E-state index in [9.17, 15) is 23.1 Å². The van der Waals surface area contributed by atoms with Gasteiger partial charge in [-0.15, -0.1) is 0 Å². The van der Waals surface area contributed by atoms with Gasteiger partial charge in [0.05, 0.1) is 4.90 Å². The van der Waals surface area contributed by atoms with Crippen molar-refractivity contribution in [3.05, 3.63) is 89.5 Å². The third-order valence-corrected chi connectivity index (χ3v) is 7.44. The second-order valence-corrected chi connectivity index (χ2v) is 10.8. The molecule has 0 unspecified atom stereocenters. The summed E-state index contributed by atoms with van der Waals surface area (Å²) in [5, 5.41) is 9.26. The highest BCUT2D eigenvalue weighted by molar-refractivity contribution is 7.90. The lowest BCUT2D eigenvalue weighted by Gasteiger charge is -2.25. The van der Waals surface area contributed by atoms with E-state index in [0.29, 0.717) is 30.0 Å². The van der Waals surface area contributed by atoms with Crippen molar-refractivity contribution in [2.45, 2.75) is 43.2 Å². The van der Waals surface area contributed by atoms with Crippen molar-refractivity contribution in [3.8, 4) is 5.75 Å². The first-order valence-corrected chi connectivity index (χ1v) is 13.2. The van der Waals surface area contributed by atoms with Crippen LogP contribution in [-0.2, 0) is 21.2 Å². The summed E-state index contributed by atoms with van der Waals surface area (Å²) in [5.74, 6) is -0.696. The molecule has 3 aromatic rings. The van der Waals surface area contributed by atoms with Crippen molar-refractivity contribution in [1.29, 1.82) is 0 Å². The van der Waals surface area contributed by atoms with Gasteiger partial charge in [-0.25, -0.2) is 8.42 Å². The molecule has 4 rings (SSSR count). The monoisotopic (exact) mass is 493 g/mol. The number of sulfone groups is 1. The molecule has 1 N–H and O–H groups in total. The topological polar surface area (TPSA) is 101 Å². The Morgan fingerprint density at radius 1 is 1.00 bits per heavy atom. The van der Waals surface area contributed by atoms with Gasteiger partial charge in [0.2, 0.25) is 0 Å². The van der Waals surface area contributed by atoms with Crippen LogP contribution in [0.25, 0.3) is 0 Å². The van der Waals surface area contributed by atoms with Crippen LogP contribution >= 0.6 is 0 Å². The first-order valence-electron chi connectivity index (χ1n) is 11.3. The number of amides is 1. The molecule has 0 aliphatic carbocycles. The molecule has 0 fully saturated rings. The fourth-order valence-corrected chi connectivity index (χ4v) is 5.12. The number of hydrogen-bond donors (Lipinski definition) is 1. The summed E-state index contributed by atoms with van der Waals surface area (Å²) >= 11 is 0. The number of carboxylic acids is 1. The Morgan fingerprint density at radius 3 is 2.31 bits per heavy atom. The summed E-state index contributed by atoms with van der Waals surface area (Å²) in [7, 11) is -3.37. The van der Waals surface area contributed by atoms with Crippen LogP contribution in [0.4, 0.5) is 5.69 Å². The van der Waals surface area contributed by atoms with Crippen molar-refractivity contribution in [2.24, 2.45) is 0 Å². The molecule has 0 radical (unpaired) electrons. The first-order chi connectivity index (χ1) is 16.6. The number of nitrogens with zero attached hydrogens (tertiary/aromatic N) is 1. The maximum Gasteiger partial charge on any atom is 0.303 e. The molecule has 1 heterocycles. The van der Waals surface area contributed by atoms with Gasteiger partial charge in [-0.3, -0.25) is 9.59 Å². The molecule has 35 heavy (non-hydrogen) atoms. The number of carbonyl (C=O) groups excluding carboxylic acids is 1. The molecule has 2 atom stereocenters. The van der Waals surface area contributed by atoms with Crippen LogP contribution in [-0.4, -0.2) is 37.7 Å². The predicted molar refractivity (Wildman–Crippen MR) is 133 cm³/mol. The Kier molecular flexibility index (Phi) is 6.93. The zero-order valence-corrected chi connectivity index (χ0v) is 20.4. The Morgan fingerprint density at radius 2 is 1.69 bits per heavy atom. The van der Waals surface area contributed by atoms with E-state index in [1.807, 2.05) is 49.4 Å². The lowest BCUT2D eigenvalue weighted by atomic mass is 9.91. The summed E-state index contributed by atoms with van der Waals surface area (Å²) < 4.78 is 29.5. The molecule has 7 nitrogen and oxygen atoms in total. The lowest BCUT2D eigenvalue weighted by molar-refractivity contribution is -0.137. The van der Waals surface area contributed by atoms with Gasteiger partial charge in [0, 0.05) is 35.9 Å². The molecular formula is C27H27NO6S. The number of carbonyl (C=O) groups is 2. The zero-order valence-electron chi connectivity index (χ0n) is 19.5. The Labute approximate surface area is 204 Å². The highest BCUT2D eigenvalue weighted by Gasteiger charge is 2.39. The third-order valence-electron chi connectivity index (χ3n) is 6.31. The fraction of sp³-hybridized carbons (Fsp3) is 0.259. The standard InChI is InChI=1S/C27H27NO6S/c1-18-23(13-15-26(29)30)24-16-21(34-17-19-6-4-3-5-7-19)10-14-25(24)28(18)27(31)20-8-11-22(12-9-20)35(2,32)33/h3-12,14,16,18,23H,13,15,17H2,1-2H3,(H,29,30)/t18-,23-/m1/s1.